The van der Waals surface area contributed by atoms with Crippen LogP contribution in [0.3, 0.4) is 0 Å². The molecular weight excluding hydrogens is 258 g/mol. The van der Waals surface area contributed by atoms with Gasteiger partial charge in [-0.1, -0.05) is 46.1 Å². The molecule has 0 aromatic heterocycles. The minimum Gasteiger partial charge on any atom is -0.492 e. The van der Waals surface area contributed by atoms with Gasteiger partial charge in [-0.3, -0.25) is 0 Å². The minimum atomic E-state index is 0.147. The molecule has 1 aromatic rings. The molecule has 2 heteroatoms. The first-order valence-corrected chi connectivity index (χ1v) is 8.62. The Labute approximate surface area is 129 Å². The lowest BCUT2D eigenvalue weighted by Gasteiger charge is -2.32. The topological polar surface area (TPSA) is 21.3 Å². The fourth-order valence-electron chi connectivity index (χ4n) is 3.98. The summed E-state index contributed by atoms with van der Waals surface area (Å²) in [5, 5.41) is 3.75. The zero-order valence-electron chi connectivity index (χ0n) is 13.7. The van der Waals surface area contributed by atoms with Crippen molar-refractivity contribution in [2.45, 2.75) is 64.3 Å². The van der Waals surface area contributed by atoms with Crippen LogP contribution in [0.4, 0.5) is 0 Å². The Morgan fingerprint density at radius 3 is 2.71 bits per heavy atom. The number of fused-ring (bicyclic) bond motifs is 1. The molecule has 1 atom stereocenters. The fourth-order valence-corrected chi connectivity index (χ4v) is 3.98. The summed E-state index contributed by atoms with van der Waals surface area (Å²) in [6.07, 6.45) is 6.95. The molecule has 21 heavy (non-hydrogen) atoms. The molecule has 1 unspecified atom stereocenters. The van der Waals surface area contributed by atoms with Crippen LogP contribution in [-0.2, 0) is 5.41 Å². The highest BCUT2D eigenvalue weighted by Gasteiger charge is 2.33. The van der Waals surface area contributed by atoms with Gasteiger partial charge in [0.25, 0.3) is 0 Å². The molecule has 1 heterocycles. The maximum atomic E-state index is 5.83. The Kier molecular flexibility index (Phi) is 4.26. The summed E-state index contributed by atoms with van der Waals surface area (Å²) in [5.74, 6) is 1.88. The van der Waals surface area contributed by atoms with Crippen molar-refractivity contribution in [3.8, 4) is 5.75 Å². The predicted octanol–water partition coefficient (Wildman–Crippen LogP) is 4.59. The van der Waals surface area contributed by atoms with Crippen LogP contribution in [0.2, 0.25) is 0 Å². The number of ether oxygens (including phenoxy) is 1. The second-order valence-electron chi connectivity index (χ2n) is 7.36. The zero-order chi connectivity index (χ0) is 14.9. The Hall–Kier alpha value is -1.02. The first-order valence-electron chi connectivity index (χ1n) is 8.62. The lowest BCUT2D eigenvalue weighted by Crippen LogP contribution is -2.30. The van der Waals surface area contributed by atoms with Crippen LogP contribution in [0.5, 0.6) is 5.75 Å². The molecule has 1 aliphatic carbocycles. The molecule has 1 saturated carbocycles. The second kappa shape index (κ2) is 6.00. The summed E-state index contributed by atoms with van der Waals surface area (Å²) in [6, 6.07) is 7.39. The summed E-state index contributed by atoms with van der Waals surface area (Å²) in [4.78, 5) is 0. The Morgan fingerprint density at radius 1 is 1.24 bits per heavy atom. The number of benzene rings is 1. The van der Waals surface area contributed by atoms with E-state index in [1.54, 1.807) is 0 Å². The van der Waals surface area contributed by atoms with E-state index < -0.39 is 0 Å². The highest BCUT2D eigenvalue weighted by Crippen LogP contribution is 2.41. The quantitative estimate of drug-likeness (QED) is 0.874. The third-order valence-corrected chi connectivity index (χ3v) is 5.23. The maximum Gasteiger partial charge on any atom is 0.123 e. The molecule has 1 N–H and O–H groups in total. The summed E-state index contributed by atoms with van der Waals surface area (Å²) in [7, 11) is 0. The van der Waals surface area contributed by atoms with E-state index >= 15 is 0 Å². The number of rotatable bonds is 4. The molecule has 1 aliphatic heterocycles. The Morgan fingerprint density at radius 2 is 2.00 bits per heavy atom. The van der Waals surface area contributed by atoms with E-state index in [9.17, 15) is 0 Å². The first kappa shape index (κ1) is 14.9. The van der Waals surface area contributed by atoms with Crippen molar-refractivity contribution >= 4 is 0 Å². The Balaban J connectivity index is 1.89. The van der Waals surface area contributed by atoms with Gasteiger partial charge in [0.1, 0.15) is 5.75 Å². The van der Waals surface area contributed by atoms with Crippen molar-refractivity contribution in [3.05, 3.63) is 29.3 Å². The summed E-state index contributed by atoms with van der Waals surface area (Å²) in [5.41, 5.74) is 2.99. The maximum absolute atomic E-state index is 5.83. The zero-order valence-corrected chi connectivity index (χ0v) is 13.7. The SMILES string of the molecule is CCNC(c1ccc2c(c1)C(C)(C)CO2)C1CCCCC1. The molecule has 2 aliphatic rings. The van der Waals surface area contributed by atoms with Crippen molar-refractivity contribution in [2.75, 3.05) is 13.2 Å². The highest BCUT2D eigenvalue weighted by molar-refractivity contribution is 5.46. The summed E-state index contributed by atoms with van der Waals surface area (Å²) in [6.45, 7) is 8.63. The molecule has 0 saturated heterocycles. The van der Waals surface area contributed by atoms with Gasteiger partial charge in [-0.25, -0.2) is 0 Å². The lowest BCUT2D eigenvalue weighted by atomic mass is 9.79. The number of nitrogens with one attached hydrogen (secondary N) is 1. The van der Waals surface area contributed by atoms with Gasteiger partial charge in [0.15, 0.2) is 0 Å². The number of hydrogen-bond acceptors (Lipinski definition) is 2. The molecular formula is C19H29NO. The molecule has 1 fully saturated rings. The second-order valence-corrected chi connectivity index (χ2v) is 7.36. The molecule has 0 spiro atoms. The van der Waals surface area contributed by atoms with Gasteiger partial charge in [-0.05, 0) is 43.0 Å². The van der Waals surface area contributed by atoms with E-state index in [0.29, 0.717) is 6.04 Å². The van der Waals surface area contributed by atoms with Gasteiger partial charge in [-0.2, -0.15) is 0 Å². The van der Waals surface area contributed by atoms with E-state index in [2.05, 4.69) is 44.3 Å². The molecule has 0 bridgehead atoms. The van der Waals surface area contributed by atoms with Crippen molar-refractivity contribution in [2.24, 2.45) is 5.92 Å². The summed E-state index contributed by atoms with van der Waals surface area (Å²) >= 11 is 0. The lowest BCUT2D eigenvalue weighted by molar-refractivity contribution is 0.274. The van der Waals surface area contributed by atoms with Crippen LogP contribution in [-0.4, -0.2) is 13.2 Å². The van der Waals surface area contributed by atoms with E-state index in [4.69, 9.17) is 4.74 Å². The smallest absolute Gasteiger partial charge is 0.123 e. The average molecular weight is 287 g/mol. The molecule has 116 valence electrons. The normalized spacial score (nSPS) is 22.6. The van der Waals surface area contributed by atoms with Gasteiger partial charge in [0.2, 0.25) is 0 Å². The van der Waals surface area contributed by atoms with Gasteiger partial charge >= 0.3 is 0 Å². The third kappa shape index (κ3) is 2.96. The van der Waals surface area contributed by atoms with E-state index in [1.165, 1.54) is 43.2 Å². The monoisotopic (exact) mass is 287 g/mol. The molecule has 0 radical (unpaired) electrons. The standard InChI is InChI=1S/C19H29NO/c1-4-20-18(14-8-6-5-7-9-14)15-10-11-17-16(12-15)19(2,3)13-21-17/h10-12,14,18,20H,4-9,13H2,1-3H3. The predicted molar refractivity (Wildman–Crippen MR) is 88.0 cm³/mol. The van der Waals surface area contributed by atoms with Crippen molar-refractivity contribution in [1.82, 2.24) is 5.32 Å². The highest BCUT2D eigenvalue weighted by atomic mass is 16.5. The van der Waals surface area contributed by atoms with Gasteiger partial charge in [0.05, 0.1) is 6.61 Å². The van der Waals surface area contributed by atoms with Crippen molar-refractivity contribution in [1.29, 1.82) is 0 Å². The molecule has 2 nitrogen and oxygen atoms in total. The van der Waals surface area contributed by atoms with Crippen LogP contribution in [0.25, 0.3) is 0 Å². The van der Waals surface area contributed by atoms with E-state index in [1.807, 2.05) is 0 Å². The first-order chi connectivity index (χ1) is 10.1. The van der Waals surface area contributed by atoms with Crippen LogP contribution in [0, 0.1) is 5.92 Å². The van der Waals surface area contributed by atoms with Crippen LogP contribution < -0.4 is 10.1 Å². The van der Waals surface area contributed by atoms with E-state index in [0.717, 1.165) is 24.8 Å². The minimum absolute atomic E-state index is 0.147. The van der Waals surface area contributed by atoms with Gasteiger partial charge < -0.3 is 10.1 Å². The van der Waals surface area contributed by atoms with Crippen molar-refractivity contribution < 1.29 is 4.74 Å². The molecule has 3 rings (SSSR count). The van der Waals surface area contributed by atoms with Gasteiger partial charge in [-0.15, -0.1) is 0 Å². The molecule has 1 aromatic carbocycles. The van der Waals surface area contributed by atoms with Crippen LogP contribution >= 0.6 is 0 Å². The van der Waals surface area contributed by atoms with Crippen molar-refractivity contribution in [3.63, 3.8) is 0 Å². The third-order valence-electron chi connectivity index (χ3n) is 5.23. The van der Waals surface area contributed by atoms with Crippen LogP contribution in [0.15, 0.2) is 18.2 Å². The van der Waals surface area contributed by atoms with Gasteiger partial charge in [0, 0.05) is 17.0 Å². The number of hydrogen-bond donors (Lipinski definition) is 1. The average Bonchev–Trinajstić information content (AvgIpc) is 2.81. The fraction of sp³-hybridized carbons (Fsp3) is 0.684. The van der Waals surface area contributed by atoms with E-state index in [-0.39, 0.29) is 5.41 Å². The Bertz CT molecular complexity index is 488. The molecule has 0 amide bonds. The largest absolute Gasteiger partial charge is 0.492 e. The van der Waals surface area contributed by atoms with Crippen LogP contribution in [0.1, 0.15) is 70.0 Å². The summed E-state index contributed by atoms with van der Waals surface area (Å²) < 4.78 is 5.83.